The molecule has 0 amide bonds. The summed E-state index contributed by atoms with van der Waals surface area (Å²) in [5.74, 6) is 1.67. The number of hydrogen-bond acceptors (Lipinski definition) is 3. The highest BCUT2D eigenvalue weighted by atomic mass is 16.5. The average molecular weight is 264 g/mol. The van der Waals surface area contributed by atoms with Crippen molar-refractivity contribution in [1.29, 1.82) is 0 Å². The van der Waals surface area contributed by atoms with E-state index in [1.165, 1.54) is 5.56 Å². The number of pyridine rings is 1. The predicted molar refractivity (Wildman–Crippen MR) is 81.0 cm³/mol. The highest BCUT2D eigenvalue weighted by Crippen LogP contribution is 2.29. The summed E-state index contributed by atoms with van der Waals surface area (Å²) in [5, 5.41) is 4.16. The summed E-state index contributed by atoms with van der Waals surface area (Å²) in [5.41, 5.74) is 2.14. The third-order valence-electron chi connectivity index (χ3n) is 3.11. The Morgan fingerprint density at radius 1 is 1.05 bits per heavy atom. The summed E-state index contributed by atoms with van der Waals surface area (Å²) in [4.78, 5) is 4.34. The van der Waals surface area contributed by atoms with Gasteiger partial charge in [0.05, 0.1) is 5.52 Å². The van der Waals surface area contributed by atoms with E-state index in [1.54, 1.807) is 6.20 Å². The van der Waals surface area contributed by atoms with Gasteiger partial charge in [0, 0.05) is 18.1 Å². The Morgan fingerprint density at radius 2 is 1.95 bits per heavy atom. The lowest BCUT2D eigenvalue weighted by Crippen LogP contribution is -2.04. The van der Waals surface area contributed by atoms with Crippen LogP contribution in [0.1, 0.15) is 5.56 Å². The zero-order valence-electron chi connectivity index (χ0n) is 11.3. The first-order valence-corrected chi connectivity index (χ1v) is 6.62. The van der Waals surface area contributed by atoms with Crippen molar-refractivity contribution in [3.63, 3.8) is 0 Å². The number of rotatable bonds is 4. The molecule has 0 saturated heterocycles. The van der Waals surface area contributed by atoms with Crippen LogP contribution in [0.5, 0.6) is 11.5 Å². The van der Waals surface area contributed by atoms with Gasteiger partial charge >= 0.3 is 0 Å². The summed E-state index contributed by atoms with van der Waals surface area (Å²) < 4.78 is 6.01. The number of nitrogens with one attached hydrogen (secondary N) is 1. The molecule has 0 aliphatic rings. The molecule has 3 nitrogen and oxygen atoms in total. The maximum atomic E-state index is 6.01. The van der Waals surface area contributed by atoms with Crippen LogP contribution in [0.25, 0.3) is 10.9 Å². The first kappa shape index (κ1) is 12.6. The van der Waals surface area contributed by atoms with E-state index in [9.17, 15) is 0 Å². The van der Waals surface area contributed by atoms with Gasteiger partial charge in [0.2, 0.25) is 0 Å². The van der Waals surface area contributed by atoms with E-state index in [0.29, 0.717) is 0 Å². The third kappa shape index (κ3) is 2.63. The second-order valence-corrected chi connectivity index (χ2v) is 4.61. The van der Waals surface area contributed by atoms with Crippen molar-refractivity contribution >= 4 is 10.9 Å². The standard InChI is InChI=1S/C17H16N2O/c1-18-12-13-5-2-6-14(11-13)20-17-9-3-8-16-15(17)7-4-10-19-16/h2-11,18H,12H2,1H3. The summed E-state index contributed by atoms with van der Waals surface area (Å²) in [6, 6.07) is 18.0. The minimum atomic E-state index is 0.828. The van der Waals surface area contributed by atoms with Gasteiger partial charge in [0.25, 0.3) is 0 Å². The van der Waals surface area contributed by atoms with Gasteiger partial charge in [-0.2, -0.15) is 0 Å². The van der Waals surface area contributed by atoms with Crippen LogP contribution in [0.2, 0.25) is 0 Å². The van der Waals surface area contributed by atoms with Crippen molar-refractivity contribution in [2.75, 3.05) is 7.05 Å². The lowest BCUT2D eigenvalue weighted by molar-refractivity contribution is 0.487. The number of nitrogens with zero attached hydrogens (tertiary/aromatic N) is 1. The number of fused-ring (bicyclic) bond motifs is 1. The Kier molecular flexibility index (Phi) is 3.61. The molecule has 0 saturated carbocycles. The molecule has 3 heteroatoms. The molecule has 0 aliphatic heterocycles. The minimum Gasteiger partial charge on any atom is -0.457 e. The smallest absolute Gasteiger partial charge is 0.136 e. The second-order valence-electron chi connectivity index (χ2n) is 4.61. The molecule has 0 radical (unpaired) electrons. The SMILES string of the molecule is CNCc1cccc(Oc2cccc3ncccc23)c1. The van der Waals surface area contributed by atoms with E-state index in [-0.39, 0.29) is 0 Å². The maximum Gasteiger partial charge on any atom is 0.136 e. The molecule has 2 aromatic carbocycles. The molecule has 0 aliphatic carbocycles. The van der Waals surface area contributed by atoms with Gasteiger partial charge in [-0.05, 0) is 49.0 Å². The van der Waals surface area contributed by atoms with Gasteiger partial charge in [-0.15, -0.1) is 0 Å². The molecule has 0 spiro atoms. The van der Waals surface area contributed by atoms with Gasteiger partial charge in [-0.25, -0.2) is 0 Å². The van der Waals surface area contributed by atoms with E-state index >= 15 is 0 Å². The van der Waals surface area contributed by atoms with Crippen LogP contribution >= 0.6 is 0 Å². The Bertz CT molecular complexity index is 720. The molecule has 0 unspecified atom stereocenters. The van der Waals surface area contributed by atoms with Gasteiger partial charge in [0.15, 0.2) is 0 Å². The highest BCUT2D eigenvalue weighted by molar-refractivity contribution is 5.85. The fourth-order valence-electron chi connectivity index (χ4n) is 2.21. The fourth-order valence-corrected chi connectivity index (χ4v) is 2.21. The molecule has 1 N–H and O–H groups in total. The lowest BCUT2D eigenvalue weighted by Gasteiger charge is -2.09. The zero-order valence-corrected chi connectivity index (χ0v) is 11.3. The zero-order chi connectivity index (χ0) is 13.8. The second kappa shape index (κ2) is 5.72. The van der Waals surface area contributed by atoms with Gasteiger partial charge in [-0.1, -0.05) is 18.2 Å². The van der Waals surface area contributed by atoms with Crippen molar-refractivity contribution in [2.45, 2.75) is 6.54 Å². The Hall–Kier alpha value is -2.39. The number of aromatic nitrogens is 1. The van der Waals surface area contributed by atoms with Crippen LogP contribution in [0, 0.1) is 0 Å². The van der Waals surface area contributed by atoms with Gasteiger partial charge < -0.3 is 10.1 Å². The van der Waals surface area contributed by atoms with Crippen LogP contribution in [0.15, 0.2) is 60.8 Å². The van der Waals surface area contributed by atoms with E-state index in [4.69, 9.17) is 4.74 Å². The maximum absolute atomic E-state index is 6.01. The number of hydrogen-bond donors (Lipinski definition) is 1. The first-order valence-electron chi connectivity index (χ1n) is 6.62. The summed E-state index contributed by atoms with van der Waals surface area (Å²) in [7, 11) is 1.93. The van der Waals surface area contributed by atoms with E-state index in [2.05, 4.69) is 16.4 Å². The van der Waals surface area contributed by atoms with E-state index < -0.39 is 0 Å². The van der Waals surface area contributed by atoms with Gasteiger partial charge in [0.1, 0.15) is 11.5 Å². The number of benzene rings is 2. The molecule has 0 bridgehead atoms. The summed E-state index contributed by atoms with van der Waals surface area (Å²) in [6.45, 7) is 0.828. The molecule has 100 valence electrons. The molecule has 3 rings (SSSR count). The molecule has 1 heterocycles. The average Bonchev–Trinajstić information content (AvgIpc) is 2.48. The Morgan fingerprint density at radius 3 is 2.85 bits per heavy atom. The molecule has 1 aromatic heterocycles. The van der Waals surface area contributed by atoms with Crippen LogP contribution in [-0.2, 0) is 6.54 Å². The van der Waals surface area contributed by atoms with E-state index in [0.717, 1.165) is 28.9 Å². The molecular formula is C17H16N2O. The summed E-state index contributed by atoms with van der Waals surface area (Å²) >= 11 is 0. The molecular weight excluding hydrogens is 248 g/mol. The van der Waals surface area contributed by atoms with Crippen LogP contribution < -0.4 is 10.1 Å². The number of ether oxygens (including phenoxy) is 1. The normalized spacial score (nSPS) is 10.7. The lowest BCUT2D eigenvalue weighted by atomic mass is 10.2. The first-order chi connectivity index (χ1) is 9.86. The quantitative estimate of drug-likeness (QED) is 0.779. The topological polar surface area (TPSA) is 34.1 Å². The third-order valence-corrected chi connectivity index (χ3v) is 3.11. The Balaban J connectivity index is 1.95. The largest absolute Gasteiger partial charge is 0.457 e. The van der Waals surface area contributed by atoms with Crippen molar-refractivity contribution in [3.8, 4) is 11.5 Å². The van der Waals surface area contributed by atoms with Crippen LogP contribution in [-0.4, -0.2) is 12.0 Å². The van der Waals surface area contributed by atoms with Crippen molar-refractivity contribution in [2.24, 2.45) is 0 Å². The summed E-state index contributed by atoms with van der Waals surface area (Å²) in [6.07, 6.45) is 1.79. The predicted octanol–water partition coefficient (Wildman–Crippen LogP) is 3.75. The van der Waals surface area contributed by atoms with Crippen LogP contribution in [0.4, 0.5) is 0 Å². The van der Waals surface area contributed by atoms with Gasteiger partial charge in [-0.3, -0.25) is 4.98 Å². The Labute approximate surface area is 118 Å². The molecule has 20 heavy (non-hydrogen) atoms. The highest BCUT2D eigenvalue weighted by Gasteiger charge is 2.04. The van der Waals surface area contributed by atoms with E-state index in [1.807, 2.05) is 55.6 Å². The van der Waals surface area contributed by atoms with Crippen molar-refractivity contribution < 1.29 is 4.74 Å². The monoisotopic (exact) mass is 264 g/mol. The van der Waals surface area contributed by atoms with Crippen molar-refractivity contribution in [3.05, 3.63) is 66.4 Å². The molecule has 0 fully saturated rings. The van der Waals surface area contributed by atoms with Crippen LogP contribution in [0.3, 0.4) is 0 Å². The minimum absolute atomic E-state index is 0.828. The fraction of sp³-hybridized carbons (Fsp3) is 0.118. The molecule has 0 atom stereocenters. The molecule has 3 aromatic rings. The van der Waals surface area contributed by atoms with Crippen molar-refractivity contribution in [1.82, 2.24) is 10.3 Å².